The molecule has 0 spiro atoms. The lowest BCUT2D eigenvalue weighted by molar-refractivity contribution is -0.130. The summed E-state index contributed by atoms with van der Waals surface area (Å²) in [6, 6.07) is 4.80. The number of carbonyl (C=O) groups excluding carboxylic acids is 1. The van der Waals surface area contributed by atoms with E-state index in [9.17, 15) is 9.90 Å². The maximum Gasteiger partial charge on any atom is 0.233 e. The number of nitrogens with one attached hydrogen (secondary N) is 2. The smallest absolute Gasteiger partial charge is 0.233 e. The van der Waals surface area contributed by atoms with Gasteiger partial charge in [-0.3, -0.25) is 4.79 Å². The molecule has 1 saturated heterocycles. The third-order valence-corrected chi connectivity index (χ3v) is 3.92. The number of rotatable bonds is 5. The van der Waals surface area contributed by atoms with E-state index in [1.54, 1.807) is 19.2 Å². The van der Waals surface area contributed by atoms with Crippen molar-refractivity contribution < 1.29 is 19.4 Å². The minimum atomic E-state index is -0.549. The van der Waals surface area contributed by atoms with Crippen molar-refractivity contribution in [3.8, 4) is 11.5 Å². The summed E-state index contributed by atoms with van der Waals surface area (Å²) in [5.74, 6) is 0.412. The molecule has 1 aromatic carbocycles. The number of benzene rings is 1. The molecule has 2 rings (SSSR count). The van der Waals surface area contributed by atoms with Gasteiger partial charge in [-0.05, 0) is 38.1 Å². The third kappa shape index (κ3) is 3.46. The number of ether oxygens (including phenoxy) is 2. The van der Waals surface area contributed by atoms with Gasteiger partial charge in [0.2, 0.25) is 5.91 Å². The van der Waals surface area contributed by atoms with Crippen LogP contribution in [0.2, 0.25) is 0 Å². The predicted molar refractivity (Wildman–Crippen MR) is 79.7 cm³/mol. The molecule has 1 fully saturated rings. The molecule has 0 atom stereocenters. The minimum absolute atomic E-state index is 0.01000. The summed E-state index contributed by atoms with van der Waals surface area (Å²) in [4.78, 5) is 12.6. The number of anilines is 1. The van der Waals surface area contributed by atoms with Crippen LogP contribution in [-0.2, 0) is 9.53 Å². The van der Waals surface area contributed by atoms with Gasteiger partial charge in [0.15, 0.2) is 0 Å². The zero-order valence-corrected chi connectivity index (χ0v) is 12.4. The zero-order valence-electron chi connectivity index (χ0n) is 12.4. The Hall–Kier alpha value is -1.79. The van der Waals surface area contributed by atoms with Crippen LogP contribution in [0.15, 0.2) is 18.2 Å². The second kappa shape index (κ2) is 6.78. The number of aromatic hydroxyl groups is 1. The second-order valence-electron chi connectivity index (χ2n) is 5.30. The van der Waals surface area contributed by atoms with Gasteiger partial charge in [-0.2, -0.15) is 0 Å². The van der Waals surface area contributed by atoms with E-state index in [0.29, 0.717) is 30.9 Å². The highest BCUT2D eigenvalue weighted by atomic mass is 16.5. The van der Waals surface area contributed by atoms with Gasteiger partial charge in [0.25, 0.3) is 0 Å². The van der Waals surface area contributed by atoms with Gasteiger partial charge in [-0.15, -0.1) is 0 Å². The highest BCUT2D eigenvalue weighted by Gasteiger charge is 2.39. The van der Waals surface area contributed by atoms with Crippen molar-refractivity contribution >= 4 is 11.6 Å². The van der Waals surface area contributed by atoms with Gasteiger partial charge in [0, 0.05) is 13.2 Å². The number of phenols is 1. The minimum Gasteiger partial charge on any atom is -0.506 e. The average Bonchev–Trinajstić information content (AvgIpc) is 2.50. The lowest BCUT2D eigenvalue weighted by atomic mass is 9.78. The van der Waals surface area contributed by atoms with E-state index >= 15 is 0 Å². The summed E-state index contributed by atoms with van der Waals surface area (Å²) in [6.07, 6.45) is 1.42. The zero-order chi connectivity index (χ0) is 15.3. The summed E-state index contributed by atoms with van der Waals surface area (Å²) in [5, 5.41) is 16.0. The van der Waals surface area contributed by atoms with Gasteiger partial charge in [-0.1, -0.05) is 0 Å². The van der Waals surface area contributed by atoms with Crippen LogP contribution in [0.4, 0.5) is 5.69 Å². The van der Waals surface area contributed by atoms with E-state index in [4.69, 9.17) is 9.47 Å². The molecule has 6 heteroatoms. The Kier molecular flexibility index (Phi) is 5.03. The molecule has 21 heavy (non-hydrogen) atoms. The van der Waals surface area contributed by atoms with Crippen molar-refractivity contribution in [2.24, 2.45) is 5.41 Å². The normalized spacial score (nSPS) is 17.2. The number of amides is 1. The molecule has 1 amide bonds. The Bertz CT molecular complexity index is 493. The quantitative estimate of drug-likeness (QED) is 0.715. The molecule has 1 aliphatic rings. The van der Waals surface area contributed by atoms with Crippen LogP contribution in [-0.4, -0.2) is 44.9 Å². The van der Waals surface area contributed by atoms with Crippen LogP contribution in [0.25, 0.3) is 0 Å². The standard InChI is InChI=1S/C15H22N2O4/c1-20-10-15(5-7-16-8-6-15)14(19)17-12-4-3-11(21-2)9-13(12)18/h3-4,9,16,18H,5-8,10H2,1-2H3,(H,17,19). The monoisotopic (exact) mass is 294 g/mol. The lowest BCUT2D eigenvalue weighted by Crippen LogP contribution is -2.47. The van der Waals surface area contributed by atoms with Crippen molar-refractivity contribution in [3.05, 3.63) is 18.2 Å². The van der Waals surface area contributed by atoms with E-state index in [0.717, 1.165) is 13.1 Å². The SMILES string of the molecule is COCC1(C(=O)Nc2ccc(OC)cc2O)CCNCC1. The molecule has 0 aliphatic carbocycles. The first kappa shape index (κ1) is 15.6. The first-order valence-electron chi connectivity index (χ1n) is 6.99. The fourth-order valence-corrected chi connectivity index (χ4v) is 2.62. The molecule has 0 radical (unpaired) electrons. The molecule has 0 bridgehead atoms. The van der Waals surface area contributed by atoms with Crippen molar-refractivity contribution in [3.63, 3.8) is 0 Å². The maximum absolute atomic E-state index is 12.6. The molecule has 0 saturated carbocycles. The molecule has 0 aromatic heterocycles. The average molecular weight is 294 g/mol. The molecule has 0 unspecified atom stereocenters. The largest absolute Gasteiger partial charge is 0.506 e. The molecular weight excluding hydrogens is 272 g/mol. The number of hydrogen-bond donors (Lipinski definition) is 3. The summed E-state index contributed by atoms with van der Waals surface area (Å²) >= 11 is 0. The highest BCUT2D eigenvalue weighted by Crippen LogP contribution is 2.33. The highest BCUT2D eigenvalue weighted by molar-refractivity contribution is 5.96. The van der Waals surface area contributed by atoms with Crippen molar-refractivity contribution in [2.75, 3.05) is 39.2 Å². The first-order valence-corrected chi connectivity index (χ1v) is 6.99. The van der Waals surface area contributed by atoms with Gasteiger partial charge >= 0.3 is 0 Å². The maximum atomic E-state index is 12.6. The first-order chi connectivity index (χ1) is 10.1. The molecular formula is C15H22N2O4. The topological polar surface area (TPSA) is 79.8 Å². The van der Waals surface area contributed by atoms with Gasteiger partial charge in [0.05, 0.1) is 24.8 Å². The third-order valence-electron chi connectivity index (χ3n) is 3.92. The molecule has 1 aliphatic heterocycles. The molecule has 6 nitrogen and oxygen atoms in total. The predicted octanol–water partition coefficient (Wildman–Crippen LogP) is 1.36. The van der Waals surface area contributed by atoms with Gasteiger partial charge in [0.1, 0.15) is 11.5 Å². The lowest BCUT2D eigenvalue weighted by Gasteiger charge is -2.35. The van der Waals surface area contributed by atoms with Crippen LogP contribution in [0.5, 0.6) is 11.5 Å². The van der Waals surface area contributed by atoms with E-state index < -0.39 is 5.41 Å². The van der Waals surface area contributed by atoms with E-state index in [2.05, 4.69) is 10.6 Å². The Balaban J connectivity index is 2.15. The van der Waals surface area contributed by atoms with Crippen LogP contribution >= 0.6 is 0 Å². The van der Waals surface area contributed by atoms with Gasteiger partial charge < -0.3 is 25.2 Å². The van der Waals surface area contributed by atoms with Crippen molar-refractivity contribution in [1.29, 1.82) is 0 Å². The number of methoxy groups -OCH3 is 2. The number of carbonyl (C=O) groups is 1. The van der Waals surface area contributed by atoms with Gasteiger partial charge in [-0.25, -0.2) is 0 Å². The van der Waals surface area contributed by atoms with Crippen LogP contribution in [0.1, 0.15) is 12.8 Å². The molecule has 3 N–H and O–H groups in total. The number of phenolic OH excluding ortho intramolecular Hbond substituents is 1. The van der Waals surface area contributed by atoms with Crippen LogP contribution < -0.4 is 15.4 Å². The summed E-state index contributed by atoms with van der Waals surface area (Å²) in [7, 11) is 3.12. The van der Waals surface area contributed by atoms with Crippen molar-refractivity contribution in [1.82, 2.24) is 5.32 Å². The Morgan fingerprint density at radius 3 is 2.67 bits per heavy atom. The summed E-state index contributed by atoms with van der Waals surface area (Å²) in [6.45, 7) is 1.94. The Labute approximate surface area is 124 Å². The fourth-order valence-electron chi connectivity index (χ4n) is 2.62. The molecule has 1 heterocycles. The van der Waals surface area contributed by atoms with E-state index in [1.165, 1.54) is 13.2 Å². The summed E-state index contributed by atoms with van der Waals surface area (Å²) < 4.78 is 10.3. The van der Waals surface area contributed by atoms with Crippen LogP contribution in [0, 0.1) is 5.41 Å². The van der Waals surface area contributed by atoms with E-state index in [1.807, 2.05) is 0 Å². The molecule has 1 aromatic rings. The van der Waals surface area contributed by atoms with Crippen LogP contribution in [0.3, 0.4) is 0 Å². The fraction of sp³-hybridized carbons (Fsp3) is 0.533. The van der Waals surface area contributed by atoms with E-state index in [-0.39, 0.29) is 11.7 Å². The molecule has 116 valence electrons. The number of piperidine rings is 1. The van der Waals surface area contributed by atoms with Crippen molar-refractivity contribution in [2.45, 2.75) is 12.8 Å². The Morgan fingerprint density at radius 1 is 1.38 bits per heavy atom. The second-order valence-corrected chi connectivity index (χ2v) is 5.30. The Morgan fingerprint density at radius 2 is 2.10 bits per heavy atom. The summed E-state index contributed by atoms with van der Waals surface area (Å²) in [5.41, 5.74) is -0.165. The number of hydrogen-bond acceptors (Lipinski definition) is 5.